The predicted octanol–water partition coefficient (Wildman–Crippen LogP) is 7.04. The predicted molar refractivity (Wildman–Crippen MR) is 127 cm³/mol. The lowest BCUT2D eigenvalue weighted by atomic mass is 9.65. The van der Waals surface area contributed by atoms with Gasteiger partial charge in [0.1, 0.15) is 5.54 Å². The number of hydrogen-bond acceptors (Lipinski definition) is 4. The van der Waals surface area contributed by atoms with Crippen LogP contribution in [0.5, 0.6) is 0 Å². The summed E-state index contributed by atoms with van der Waals surface area (Å²) in [6, 6.07) is 8.35. The maximum Gasteiger partial charge on any atom is 0.408 e. The third-order valence-corrected chi connectivity index (χ3v) is 6.94. The van der Waals surface area contributed by atoms with Gasteiger partial charge in [-0.25, -0.2) is 4.79 Å². The van der Waals surface area contributed by atoms with Gasteiger partial charge in [0.05, 0.1) is 0 Å². The van der Waals surface area contributed by atoms with Gasteiger partial charge in [-0.3, -0.25) is 4.90 Å². The first kappa shape index (κ1) is 24.3. The van der Waals surface area contributed by atoms with Crippen LogP contribution in [-0.4, -0.2) is 32.8 Å². The Hall–Kier alpha value is -2.37. The Morgan fingerprint density at radius 1 is 1.06 bits per heavy atom. The molecular formula is C26H39N3O3. The van der Waals surface area contributed by atoms with Crippen molar-refractivity contribution in [3.8, 4) is 11.4 Å². The van der Waals surface area contributed by atoms with Crippen LogP contribution in [0.15, 0.2) is 28.8 Å². The Balaban J connectivity index is 1.58. The molecule has 3 rings (SSSR count). The van der Waals surface area contributed by atoms with Gasteiger partial charge in [0.25, 0.3) is 5.89 Å². The third kappa shape index (κ3) is 5.16. The highest BCUT2D eigenvalue weighted by molar-refractivity contribution is 5.68. The summed E-state index contributed by atoms with van der Waals surface area (Å²) >= 11 is 0. The summed E-state index contributed by atoms with van der Waals surface area (Å²) in [4.78, 5) is 17.8. The second-order valence-electron chi connectivity index (χ2n) is 10.1. The zero-order valence-corrected chi connectivity index (χ0v) is 20.2. The van der Waals surface area contributed by atoms with E-state index in [1.807, 2.05) is 32.9 Å². The Bertz CT molecular complexity index is 869. The summed E-state index contributed by atoms with van der Waals surface area (Å²) < 4.78 is 5.62. The summed E-state index contributed by atoms with van der Waals surface area (Å²) in [5.41, 5.74) is 1.09. The Labute approximate surface area is 192 Å². The van der Waals surface area contributed by atoms with E-state index in [1.165, 1.54) is 61.8 Å². The molecule has 0 bridgehead atoms. The molecule has 6 heteroatoms. The van der Waals surface area contributed by atoms with E-state index in [0.29, 0.717) is 24.7 Å². The van der Waals surface area contributed by atoms with Crippen molar-refractivity contribution >= 4 is 6.09 Å². The molecule has 2 heterocycles. The minimum atomic E-state index is -0.948. The Morgan fingerprint density at radius 3 is 2.22 bits per heavy atom. The van der Waals surface area contributed by atoms with Crippen LogP contribution in [0, 0.1) is 5.41 Å². The van der Waals surface area contributed by atoms with Crippen LogP contribution in [0.3, 0.4) is 0 Å². The first-order valence-electron chi connectivity index (χ1n) is 12.2. The second kappa shape index (κ2) is 10.5. The molecule has 0 radical (unpaired) electrons. The van der Waals surface area contributed by atoms with Gasteiger partial charge in [0.2, 0.25) is 5.82 Å². The molecule has 1 N–H and O–H groups in total. The fourth-order valence-corrected chi connectivity index (χ4v) is 4.82. The van der Waals surface area contributed by atoms with Crippen LogP contribution in [0.25, 0.3) is 11.4 Å². The molecule has 1 fully saturated rings. The maximum absolute atomic E-state index is 11.8. The number of unbranched alkanes of at least 4 members (excludes halogenated alkanes) is 7. The lowest BCUT2D eigenvalue weighted by Gasteiger charge is -2.55. The van der Waals surface area contributed by atoms with Gasteiger partial charge in [-0.2, -0.15) is 4.98 Å². The number of aryl methyl sites for hydroxylation is 1. The van der Waals surface area contributed by atoms with E-state index in [0.717, 1.165) is 12.0 Å². The number of nitrogens with zero attached hydrogens (tertiary/aromatic N) is 3. The molecule has 1 aromatic carbocycles. The van der Waals surface area contributed by atoms with E-state index in [-0.39, 0.29) is 5.41 Å². The van der Waals surface area contributed by atoms with Gasteiger partial charge in [-0.05, 0) is 30.2 Å². The molecule has 32 heavy (non-hydrogen) atoms. The average molecular weight is 442 g/mol. The van der Waals surface area contributed by atoms with Crippen molar-refractivity contribution in [2.45, 2.75) is 97.4 Å². The van der Waals surface area contributed by atoms with Crippen LogP contribution < -0.4 is 0 Å². The number of carboxylic acid groups (broad SMARTS) is 1. The van der Waals surface area contributed by atoms with E-state index in [4.69, 9.17) is 4.52 Å². The standard InChI is InChI=1S/C26H39N3O3/c1-5-6-7-8-9-10-11-12-13-20-14-16-21(17-15-20)22-27-23(32-28-22)26(25(2,3)4)18-19-29(26)24(30)31/h14-17H,5-13,18-19H2,1-4H3,(H,30,31)/t26-/m1/s1. The van der Waals surface area contributed by atoms with Crippen molar-refractivity contribution in [1.29, 1.82) is 0 Å². The topological polar surface area (TPSA) is 79.5 Å². The number of amides is 1. The smallest absolute Gasteiger partial charge is 0.408 e. The minimum absolute atomic E-state index is 0.354. The molecule has 1 aliphatic rings. The molecule has 1 atom stereocenters. The van der Waals surface area contributed by atoms with Gasteiger partial charge >= 0.3 is 6.09 Å². The summed E-state index contributed by atoms with van der Waals surface area (Å²) in [5.74, 6) is 0.899. The van der Waals surface area contributed by atoms with E-state index in [2.05, 4.69) is 29.2 Å². The van der Waals surface area contributed by atoms with Crippen molar-refractivity contribution in [1.82, 2.24) is 15.0 Å². The average Bonchev–Trinajstić information content (AvgIpc) is 3.18. The van der Waals surface area contributed by atoms with E-state index in [1.54, 1.807) is 0 Å². The van der Waals surface area contributed by atoms with Gasteiger partial charge < -0.3 is 9.63 Å². The van der Waals surface area contributed by atoms with Gasteiger partial charge in [0, 0.05) is 12.1 Å². The highest BCUT2D eigenvalue weighted by Crippen LogP contribution is 2.52. The second-order valence-corrected chi connectivity index (χ2v) is 10.1. The molecule has 0 saturated carbocycles. The molecular weight excluding hydrogens is 402 g/mol. The number of benzene rings is 1. The normalized spacial score (nSPS) is 18.6. The monoisotopic (exact) mass is 441 g/mol. The number of likely N-dealkylation sites (tertiary alicyclic amines) is 1. The summed E-state index contributed by atoms with van der Waals surface area (Å²) in [5, 5.41) is 13.8. The molecule has 1 saturated heterocycles. The Kier molecular flexibility index (Phi) is 7.96. The zero-order valence-electron chi connectivity index (χ0n) is 20.2. The highest BCUT2D eigenvalue weighted by Gasteiger charge is 2.60. The van der Waals surface area contributed by atoms with Crippen molar-refractivity contribution in [3.05, 3.63) is 35.7 Å². The van der Waals surface area contributed by atoms with Crippen LogP contribution in [0.2, 0.25) is 0 Å². The third-order valence-electron chi connectivity index (χ3n) is 6.94. The van der Waals surface area contributed by atoms with Crippen molar-refractivity contribution < 1.29 is 14.4 Å². The molecule has 176 valence electrons. The Morgan fingerprint density at radius 2 is 1.69 bits per heavy atom. The molecule has 2 aromatic rings. The summed E-state index contributed by atoms with van der Waals surface area (Å²) in [6.45, 7) is 8.80. The van der Waals surface area contributed by atoms with E-state index in [9.17, 15) is 9.90 Å². The first-order valence-corrected chi connectivity index (χ1v) is 12.2. The summed E-state index contributed by atoms with van der Waals surface area (Å²) in [6.07, 6.45) is 11.4. The number of aromatic nitrogens is 2. The molecule has 1 aromatic heterocycles. The molecule has 0 aliphatic carbocycles. The number of rotatable bonds is 11. The van der Waals surface area contributed by atoms with Crippen molar-refractivity contribution in [2.24, 2.45) is 5.41 Å². The molecule has 0 unspecified atom stereocenters. The fraction of sp³-hybridized carbons (Fsp3) is 0.654. The summed E-state index contributed by atoms with van der Waals surface area (Å²) in [7, 11) is 0. The van der Waals surface area contributed by atoms with Gasteiger partial charge in [-0.15, -0.1) is 0 Å². The van der Waals surface area contributed by atoms with Crippen LogP contribution in [0.4, 0.5) is 4.79 Å². The quantitative estimate of drug-likeness (QED) is 0.378. The fourth-order valence-electron chi connectivity index (χ4n) is 4.82. The lowest BCUT2D eigenvalue weighted by molar-refractivity contribution is -0.0969. The largest absolute Gasteiger partial charge is 0.465 e. The molecule has 6 nitrogen and oxygen atoms in total. The van der Waals surface area contributed by atoms with Crippen molar-refractivity contribution in [3.63, 3.8) is 0 Å². The molecule has 1 amide bonds. The van der Waals surface area contributed by atoms with Crippen molar-refractivity contribution in [2.75, 3.05) is 6.54 Å². The van der Waals surface area contributed by atoms with Gasteiger partial charge in [0.15, 0.2) is 0 Å². The molecule has 0 spiro atoms. The van der Waals surface area contributed by atoms with E-state index < -0.39 is 11.6 Å². The van der Waals surface area contributed by atoms with Gasteiger partial charge in [-0.1, -0.05) is 102 Å². The van der Waals surface area contributed by atoms with Crippen LogP contribution >= 0.6 is 0 Å². The van der Waals surface area contributed by atoms with Crippen LogP contribution in [0.1, 0.15) is 96.9 Å². The lowest BCUT2D eigenvalue weighted by Crippen LogP contribution is -2.65. The highest BCUT2D eigenvalue weighted by atomic mass is 16.5. The minimum Gasteiger partial charge on any atom is -0.465 e. The van der Waals surface area contributed by atoms with E-state index >= 15 is 0 Å². The SMILES string of the molecule is CCCCCCCCCCc1ccc(-c2noc([C@@]3(C(C)(C)C)CCN3C(=O)O)n2)cc1. The first-order chi connectivity index (χ1) is 15.3. The maximum atomic E-state index is 11.8. The number of carbonyl (C=O) groups is 1. The number of hydrogen-bond donors (Lipinski definition) is 1. The zero-order chi connectivity index (χ0) is 23.2. The van der Waals surface area contributed by atoms with Crippen LogP contribution in [-0.2, 0) is 12.0 Å². The molecule has 1 aliphatic heterocycles.